The minimum Gasteiger partial charge on any atom is -0.271 e. The van der Waals surface area contributed by atoms with Gasteiger partial charge in [0.05, 0.1) is 0 Å². The zero-order valence-corrected chi connectivity index (χ0v) is 12.5. The first-order valence-corrected chi connectivity index (χ1v) is 7.66. The summed E-state index contributed by atoms with van der Waals surface area (Å²) in [4.78, 5) is 0. The molecule has 2 heteroatoms. The van der Waals surface area contributed by atoms with Gasteiger partial charge in [0, 0.05) is 6.04 Å². The topological polar surface area (TPSA) is 38.0 Å². The van der Waals surface area contributed by atoms with Crippen LogP contribution in [0.5, 0.6) is 0 Å². The van der Waals surface area contributed by atoms with E-state index in [2.05, 4.69) is 50.5 Å². The number of rotatable bonds is 5. The van der Waals surface area contributed by atoms with Crippen molar-refractivity contribution in [1.29, 1.82) is 0 Å². The van der Waals surface area contributed by atoms with Gasteiger partial charge in [-0.15, -0.1) is 0 Å². The number of nitrogens with one attached hydrogen (secondary N) is 1. The van der Waals surface area contributed by atoms with Crippen LogP contribution in [0.4, 0.5) is 0 Å². The Kier molecular flexibility index (Phi) is 5.00. The minimum absolute atomic E-state index is 0.310. The van der Waals surface area contributed by atoms with Gasteiger partial charge in [0.2, 0.25) is 0 Å². The van der Waals surface area contributed by atoms with Crippen LogP contribution in [0.2, 0.25) is 0 Å². The third kappa shape index (κ3) is 3.58. The van der Waals surface area contributed by atoms with Crippen LogP contribution in [0, 0.1) is 17.8 Å². The SMILES string of the molecule is CC(C)Cc1cccc(C(NN)C2CCCC2C)c1. The number of hydrogen-bond donors (Lipinski definition) is 2. The van der Waals surface area contributed by atoms with E-state index in [4.69, 9.17) is 5.84 Å². The summed E-state index contributed by atoms with van der Waals surface area (Å²) in [5, 5.41) is 0. The van der Waals surface area contributed by atoms with E-state index in [1.54, 1.807) is 0 Å². The molecule has 1 aliphatic carbocycles. The van der Waals surface area contributed by atoms with Gasteiger partial charge in [0.1, 0.15) is 0 Å². The Balaban J connectivity index is 2.18. The highest BCUT2D eigenvalue weighted by molar-refractivity contribution is 5.27. The zero-order valence-electron chi connectivity index (χ0n) is 12.5. The minimum atomic E-state index is 0.310. The summed E-state index contributed by atoms with van der Waals surface area (Å²) < 4.78 is 0. The fourth-order valence-electron chi connectivity index (χ4n) is 3.52. The van der Waals surface area contributed by atoms with Gasteiger partial charge in [-0.2, -0.15) is 0 Å². The van der Waals surface area contributed by atoms with Crippen molar-refractivity contribution in [1.82, 2.24) is 5.43 Å². The summed E-state index contributed by atoms with van der Waals surface area (Å²) in [6.45, 7) is 6.90. The van der Waals surface area contributed by atoms with E-state index in [9.17, 15) is 0 Å². The van der Waals surface area contributed by atoms with Gasteiger partial charge in [-0.1, -0.05) is 57.9 Å². The third-order valence-electron chi connectivity index (χ3n) is 4.49. The van der Waals surface area contributed by atoms with Crippen molar-refractivity contribution >= 4 is 0 Å². The molecule has 2 nitrogen and oxygen atoms in total. The second-order valence-corrected chi connectivity index (χ2v) is 6.56. The molecule has 0 heterocycles. The fraction of sp³-hybridized carbons (Fsp3) is 0.647. The maximum Gasteiger partial charge on any atom is 0.0490 e. The Labute approximate surface area is 117 Å². The molecular formula is C17H28N2. The van der Waals surface area contributed by atoms with E-state index in [1.165, 1.54) is 30.4 Å². The van der Waals surface area contributed by atoms with E-state index in [0.717, 1.165) is 12.3 Å². The molecular weight excluding hydrogens is 232 g/mol. The Hall–Kier alpha value is -0.860. The van der Waals surface area contributed by atoms with Crippen molar-refractivity contribution < 1.29 is 0 Å². The normalized spacial score (nSPS) is 24.9. The standard InChI is InChI=1S/C17H28N2/c1-12(2)10-14-7-5-8-15(11-14)17(19-18)16-9-4-6-13(16)3/h5,7-8,11-13,16-17,19H,4,6,9-10,18H2,1-3H3. The lowest BCUT2D eigenvalue weighted by Gasteiger charge is -2.27. The molecule has 0 bridgehead atoms. The van der Waals surface area contributed by atoms with E-state index in [1.807, 2.05) is 0 Å². The largest absolute Gasteiger partial charge is 0.271 e. The molecule has 3 unspecified atom stereocenters. The summed E-state index contributed by atoms with van der Waals surface area (Å²) in [5.74, 6) is 8.00. The van der Waals surface area contributed by atoms with Crippen molar-refractivity contribution in [2.24, 2.45) is 23.6 Å². The Morgan fingerprint density at radius 1 is 1.32 bits per heavy atom. The Morgan fingerprint density at radius 3 is 2.68 bits per heavy atom. The molecule has 0 saturated heterocycles. The van der Waals surface area contributed by atoms with E-state index >= 15 is 0 Å². The lowest BCUT2D eigenvalue weighted by atomic mass is 9.85. The number of hydrogen-bond acceptors (Lipinski definition) is 2. The highest BCUT2D eigenvalue weighted by Gasteiger charge is 2.31. The molecule has 2 rings (SSSR count). The van der Waals surface area contributed by atoms with Crippen LogP contribution in [-0.4, -0.2) is 0 Å². The van der Waals surface area contributed by atoms with E-state index in [-0.39, 0.29) is 0 Å². The summed E-state index contributed by atoms with van der Waals surface area (Å²) >= 11 is 0. The van der Waals surface area contributed by atoms with Crippen LogP contribution in [0.3, 0.4) is 0 Å². The highest BCUT2D eigenvalue weighted by Crippen LogP contribution is 2.39. The van der Waals surface area contributed by atoms with E-state index < -0.39 is 0 Å². The highest BCUT2D eigenvalue weighted by atomic mass is 15.2. The van der Waals surface area contributed by atoms with Gasteiger partial charge in [0.25, 0.3) is 0 Å². The van der Waals surface area contributed by atoms with Gasteiger partial charge < -0.3 is 0 Å². The molecule has 1 fully saturated rings. The molecule has 0 radical (unpaired) electrons. The monoisotopic (exact) mass is 260 g/mol. The summed E-state index contributed by atoms with van der Waals surface area (Å²) in [6.07, 6.45) is 5.13. The van der Waals surface area contributed by atoms with Crippen LogP contribution >= 0.6 is 0 Å². The van der Waals surface area contributed by atoms with Gasteiger partial charge >= 0.3 is 0 Å². The maximum atomic E-state index is 5.85. The van der Waals surface area contributed by atoms with Crippen LogP contribution in [0.1, 0.15) is 57.2 Å². The molecule has 0 aliphatic heterocycles. The van der Waals surface area contributed by atoms with Crippen molar-refractivity contribution in [3.05, 3.63) is 35.4 Å². The first-order valence-electron chi connectivity index (χ1n) is 7.66. The Morgan fingerprint density at radius 2 is 2.11 bits per heavy atom. The van der Waals surface area contributed by atoms with E-state index in [0.29, 0.717) is 17.9 Å². The number of benzene rings is 1. The van der Waals surface area contributed by atoms with Crippen molar-refractivity contribution in [2.75, 3.05) is 0 Å². The summed E-state index contributed by atoms with van der Waals surface area (Å²) in [7, 11) is 0. The van der Waals surface area contributed by atoms with Gasteiger partial charge in [0.15, 0.2) is 0 Å². The second-order valence-electron chi connectivity index (χ2n) is 6.56. The molecule has 19 heavy (non-hydrogen) atoms. The third-order valence-corrected chi connectivity index (χ3v) is 4.49. The predicted octanol–water partition coefficient (Wildman–Crippen LogP) is 3.83. The second kappa shape index (κ2) is 6.53. The molecule has 0 aromatic heterocycles. The van der Waals surface area contributed by atoms with Crippen LogP contribution in [0.25, 0.3) is 0 Å². The molecule has 3 N–H and O–H groups in total. The summed E-state index contributed by atoms with van der Waals surface area (Å²) in [6, 6.07) is 9.28. The molecule has 3 atom stereocenters. The molecule has 0 amide bonds. The quantitative estimate of drug-likeness (QED) is 0.624. The van der Waals surface area contributed by atoms with Gasteiger partial charge in [-0.25, -0.2) is 0 Å². The predicted molar refractivity (Wildman–Crippen MR) is 81.6 cm³/mol. The Bertz CT molecular complexity index is 400. The molecule has 1 aliphatic rings. The summed E-state index contributed by atoms with van der Waals surface area (Å²) in [5.41, 5.74) is 5.86. The lowest BCUT2D eigenvalue weighted by molar-refractivity contribution is 0.304. The van der Waals surface area contributed by atoms with Crippen molar-refractivity contribution in [3.8, 4) is 0 Å². The molecule has 1 aromatic rings. The molecule has 1 saturated carbocycles. The molecule has 1 aromatic carbocycles. The van der Waals surface area contributed by atoms with Crippen molar-refractivity contribution in [2.45, 2.75) is 52.5 Å². The lowest BCUT2D eigenvalue weighted by Crippen LogP contribution is -2.34. The van der Waals surface area contributed by atoms with Crippen molar-refractivity contribution in [3.63, 3.8) is 0 Å². The van der Waals surface area contributed by atoms with Crippen LogP contribution in [-0.2, 0) is 6.42 Å². The number of hydrazine groups is 1. The van der Waals surface area contributed by atoms with Gasteiger partial charge in [-0.05, 0) is 41.7 Å². The number of nitrogens with two attached hydrogens (primary N) is 1. The molecule has 106 valence electrons. The average molecular weight is 260 g/mol. The van der Waals surface area contributed by atoms with Crippen LogP contribution < -0.4 is 11.3 Å². The smallest absolute Gasteiger partial charge is 0.0490 e. The van der Waals surface area contributed by atoms with Gasteiger partial charge in [-0.3, -0.25) is 11.3 Å². The first kappa shape index (κ1) is 14.5. The fourth-order valence-corrected chi connectivity index (χ4v) is 3.52. The average Bonchev–Trinajstić information content (AvgIpc) is 2.77. The zero-order chi connectivity index (χ0) is 13.8. The van der Waals surface area contributed by atoms with Crippen LogP contribution in [0.15, 0.2) is 24.3 Å². The first-order chi connectivity index (χ1) is 9.11. The molecule has 0 spiro atoms. The maximum absolute atomic E-state index is 5.85.